The standard InChI is InChI=1S/C14H21NO4/c1-10-12(6-13(19-10)14(16)17)8-15-5-3-4-11(7-15)9-18-2/h6,11H,3-5,7-9H2,1-2H3,(H,16,17). The van der Waals surface area contributed by atoms with Gasteiger partial charge in [-0.2, -0.15) is 0 Å². The first-order valence-corrected chi connectivity index (χ1v) is 6.64. The third-order valence-corrected chi connectivity index (χ3v) is 3.63. The van der Waals surface area contributed by atoms with E-state index in [0.29, 0.717) is 11.7 Å². The maximum atomic E-state index is 10.9. The summed E-state index contributed by atoms with van der Waals surface area (Å²) >= 11 is 0. The van der Waals surface area contributed by atoms with E-state index in [1.54, 1.807) is 13.2 Å². The maximum absolute atomic E-state index is 10.9. The molecule has 0 radical (unpaired) electrons. The Labute approximate surface area is 113 Å². The summed E-state index contributed by atoms with van der Waals surface area (Å²) in [6.07, 6.45) is 2.37. The van der Waals surface area contributed by atoms with Crippen molar-refractivity contribution in [1.82, 2.24) is 4.90 Å². The Kier molecular flexibility index (Phi) is 4.61. The Morgan fingerprint density at radius 2 is 2.42 bits per heavy atom. The van der Waals surface area contributed by atoms with Gasteiger partial charge in [-0.1, -0.05) is 0 Å². The lowest BCUT2D eigenvalue weighted by atomic mass is 9.98. The zero-order valence-corrected chi connectivity index (χ0v) is 11.5. The van der Waals surface area contributed by atoms with Crippen molar-refractivity contribution in [3.63, 3.8) is 0 Å². The van der Waals surface area contributed by atoms with Crippen LogP contribution in [0.5, 0.6) is 0 Å². The van der Waals surface area contributed by atoms with Gasteiger partial charge in [-0.05, 0) is 38.3 Å². The highest BCUT2D eigenvalue weighted by Crippen LogP contribution is 2.22. The van der Waals surface area contributed by atoms with Gasteiger partial charge < -0.3 is 14.3 Å². The largest absolute Gasteiger partial charge is 0.475 e. The molecule has 1 unspecified atom stereocenters. The molecule has 2 heterocycles. The van der Waals surface area contributed by atoms with Crippen molar-refractivity contribution >= 4 is 5.97 Å². The van der Waals surface area contributed by atoms with Gasteiger partial charge >= 0.3 is 5.97 Å². The van der Waals surface area contributed by atoms with Crippen LogP contribution < -0.4 is 0 Å². The molecule has 1 aliphatic heterocycles. The van der Waals surface area contributed by atoms with Crippen LogP contribution in [0.25, 0.3) is 0 Å². The van der Waals surface area contributed by atoms with E-state index in [-0.39, 0.29) is 5.76 Å². The molecule has 0 aliphatic carbocycles. The Hall–Kier alpha value is -1.33. The quantitative estimate of drug-likeness (QED) is 0.885. The zero-order chi connectivity index (χ0) is 13.8. The summed E-state index contributed by atoms with van der Waals surface area (Å²) in [6.45, 7) is 5.41. The maximum Gasteiger partial charge on any atom is 0.371 e. The minimum absolute atomic E-state index is 0.0259. The van der Waals surface area contributed by atoms with Gasteiger partial charge in [0.1, 0.15) is 5.76 Å². The highest BCUT2D eigenvalue weighted by molar-refractivity contribution is 5.84. The summed E-state index contributed by atoms with van der Waals surface area (Å²) < 4.78 is 10.5. The number of piperidine rings is 1. The number of aryl methyl sites for hydroxylation is 1. The van der Waals surface area contributed by atoms with Gasteiger partial charge in [0.15, 0.2) is 0 Å². The minimum atomic E-state index is -1.01. The Morgan fingerprint density at radius 1 is 1.63 bits per heavy atom. The van der Waals surface area contributed by atoms with Crippen molar-refractivity contribution in [1.29, 1.82) is 0 Å². The van der Waals surface area contributed by atoms with Gasteiger partial charge in [0.25, 0.3) is 0 Å². The molecule has 1 atom stereocenters. The number of carboxylic acid groups (broad SMARTS) is 1. The van der Waals surface area contributed by atoms with Gasteiger partial charge in [0.05, 0.1) is 6.61 Å². The first-order valence-electron chi connectivity index (χ1n) is 6.64. The van der Waals surface area contributed by atoms with Crippen molar-refractivity contribution in [3.8, 4) is 0 Å². The molecule has 1 N–H and O–H groups in total. The average Bonchev–Trinajstić information content (AvgIpc) is 2.72. The molecular formula is C14H21NO4. The van der Waals surface area contributed by atoms with Gasteiger partial charge in [0, 0.05) is 25.8 Å². The lowest BCUT2D eigenvalue weighted by molar-refractivity contribution is 0.0661. The number of ether oxygens (including phenoxy) is 1. The van der Waals surface area contributed by atoms with E-state index in [9.17, 15) is 4.79 Å². The molecule has 19 heavy (non-hydrogen) atoms. The Bertz CT molecular complexity index is 439. The number of carboxylic acids is 1. The fraction of sp³-hybridized carbons (Fsp3) is 0.643. The van der Waals surface area contributed by atoms with Crippen molar-refractivity contribution < 1.29 is 19.1 Å². The highest BCUT2D eigenvalue weighted by atomic mass is 16.5. The lowest BCUT2D eigenvalue weighted by Crippen LogP contribution is -2.36. The number of hydrogen-bond donors (Lipinski definition) is 1. The van der Waals surface area contributed by atoms with E-state index in [1.165, 1.54) is 6.42 Å². The zero-order valence-electron chi connectivity index (χ0n) is 11.5. The molecule has 106 valence electrons. The smallest absolute Gasteiger partial charge is 0.371 e. The number of hydrogen-bond acceptors (Lipinski definition) is 4. The van der Waals surface area contributed by atoms with Crippen LogP contribution in [-0.2, 0) is 11.3 Å². The number of rotatable bonds is 5. The molecule has 0 amide bonds. The predicted molar refractivity (Wildman–Crippen MR) is 70.3 cm³/mol. The molecule has 0 saturated carbocycles. The fourth-order valence-electron chi connectivity index (χ4n) is 2.69. The van der Waals surface area contributed by atoms with Crippen LogP contribution in [0, 0.1) is 12.8 Å². The summed E-state index contributed by atoms with van der Waals surface area (Å²) in [6, 6.07) is 1.64. The summed E-state index contributed by atoms with van der Waals surface area (Å²) in [5.74, 6) is 0.291. The van der Waals surface area contributed by atoms with Crippen LogP contribution in [0.2, 0.25) is 0 Å². The van der Waals surface area contributed by atoms with E-state index in [1.807, 2.05) is 6.92 Å². The summed E-state index contributed by atoms with van der Waals surface area (Å²) in [7, 11) is 1.73. The number of carbonyl (C=O) groups is 1. The second kappa shape index (κ2) is 6.21. The van der Waals surface area contributed by atoms with Gasteiger partial charge in [-0.3, -0.25) is 4.90 Å². The number of likely N-dealkylation sites (tertiary alicyclic amines) is 1. The van der Waals surface area contributed by atoms with Crippen molar-refractivity contribution in [3.05, 3.63) is 23.2 Å². The van der Waals surface area contributed by atoms with Crippen molar-refractivity contribution in [2.75, 3.05) is 26.8 Å². The number of nitrogens with zero attached hydrogens (tertiary/aromatic N) is 1. The summed E-state index contributed by atoms with van der Waals surface area (Å²) in [4.78, 5) is 13.2. The van der Waals surface area contributed by atoms with Crippen molar-refractivity contribution in [2.24, 2.45) is 5.92 Å². The molecule has 1 saturated heterocycles. The van der Waals surface area contributed by atoms with Crippen LogP contribution >= 0.6 is 0 Å². The molecule has 1 fully saturated rings. The Morgan fingerprint density at radius 3 is 3.05 bits per heavy atom. The van der Waals surface area contributed by atoms with E-state index in [0.717, 1.165) is 38.2 Å². The molecule has 0 bridgehead atoms. The van der Waals surface area contributed by atoms with Gasteiger partial charge in [-0.15, -0.1) is 0 Å². The number of furan rings is 1. The lowest BCUT2D eigenvalue weighted by Gasteiger charge is -2.32. The number of methoxy groups -OCH3 is 1. The monoisotopic (exact) mass is 267 g/mol. The van der Waals surface area contributed by atoms with Gasteiger partial charge in [0.2, 0.25) is 5.76 Å². The van der Waals surface area contributed by atoms with E-state index in [4.69, 9.17) is 14.3 Å². The SMILES string of the molecule is COCC1CCCN(Cc2cc(C(=O)O)oc2C)C1. The molecule has 0 aromatic carbocycles. The fourth-order valence-corrected chi connectivity index (χ4v) is 2.69. The first kappa shape index (κ1) is 14.1. The minimum Gasteiger partial charge on any atom is -0.475 e. The van der Waals surface area contributed by atoms with Crippen LogP contribution in [0.1, 0.15) is 34.7 Å². The second-order valence-electron chi connectivity index (χ2n) is 5.20. The van der Waals surface area contributed by atoms with E-state index < -0.39 is 5.97 Å². The van der Waals surface area contributed by atoms with Gasteiger partial charge in [-0.25, -0.2) is 4.79 Å². The third kappa shape index (κ3) is 3.58. The number of aromatic carboxylic acids is 1. The average molecular weight is 267 g/mol. The molecule has 2 rings (SSSR count). The summed E-state index contributed by atoms with van der Waals surface area (Å²) in [5, 5.41) is 8.92. The molecule has 1 aromatic rings. The first-order chi connectivity index (χ1) is 9.10. The molecule has 5 heteroatoms. The molecular weight excluding hydrogens is 246 g/mol. The topological polar surface area (TPSA) is 62.9 Å². The van der Waals surface area contributed by atoms with E-state index in [2.05, 4.69) is 4.90 Å². The van der Waals surface area contributed by atoms with Crippen LogP contribution in [0.3, 0.4) is 0 Å². The molecule has 5 nitrogen and oxygen atoms in total. The Balaban J connectivity index is 1.98. The predicted octanol–water partition coefficient (Wildman–Crippen LogP) is 2.14. The molecule has 1 aromatic heterocycles. The highest BCUT2D eigenvalue weighted by Gasteiger charge is 2.22. The van der Waals surface area contributed by atoms with Crippen LogP contribution in [-0.4, -0.2) is 42.8 Å². The van der Waals surface area contributed by atoms with E-state index >= 15 is 0 Å². The van der Waals surface area contributed by atoms with Crippen LogP contribution in [0.15, 0.2) is 10.5 Å². The van der Waals surface area contributed by atoms with Crippen molar-refractivity contribution in [2.45, 2.75) is 26.3 Å². The second-order valence-corrected chi connectivity index (χ2v) is 5.20. The molecule has 1 aliphatic rings. The normalized spacial score (nSPS) is 20.6. The molecule has 0 spiro atoms. The van der Waals surface area contributed by atoms with Crippen LogP contribution in [0.4, 0.5) is 0 Å². The third-order valence-electron chi connectivity index (χ3n) is 3.63. The summed E-state index contributed by atoms with van der Waals surface area (Å²) in [5.41, 5.74) is 0.968.